The van der Waals surface area contributed by atoms with Gasteiger partial charge >= 0.3 is 0 Å². The van der Waals surface area contributed by atoms with E-state index < -0.39 is 0 Å². The van der Waals surface area contributed by atoms with Gasteiger partial charge in [0.1, 0.15) is 5.82 Å². The zero-order chi connectivity index (χ0) is 11.4. The van der Waals surface area contributed by atoms with Crippen LogP contribution in [0.15, 0.2) is 18.2 Å². The van der Waals surface area contributed by atoms with Crippen LogP contribution in [-0.4, -0.2) is 11.2 Å². The molecule has 0 aliphatic carbocycles. The van der Waals surface area contributed by atoms with Crippen LogP contribution in [0.25, 0.3) is 0 Å². The molecule has 0 aliphatic heterocycles. The van der Waals surface area contributed by atoms with Crippen molar-refractivity contribution in [3.05, 3.63) is 34.6 Å². The van der Waals surface area contributed by atoms with Gasteiger partial charge in [-0.15, -0.1) is 11.8 Å². The number of thioether (sulfide) groups is 1. The number of hydrogen-bond acceptors (Lipinski definition) is 2. The fourth-order valence-electron chi connectivity index (χ4n) is 0.936. The van der Waals surface area contributed by atoms with E-state index in [1.54, 1.807) is 13.0 Å². The van der Waals surface area contributed by atoms with Crippen molar-refractivity contribution in [1.82, 2.24) is 0 Å². The number of nitrogens with two attached hydrogens (primary N) is 1. The van der Waals surface area contributed by atoms with Crippen molar-refractivity contribution >= 4 is 29.3 Å². The van der Waals surface area contributed by atoms with Crippen LogP contribution in [0.2, 0.25) is 5.02 Å². The van der Waals surface area contributed by atoms with Crippen molar-refractivity contribution in [2.75, 3.05) is 0 Å². The highest BCUT2D eigenvalue weighted by atomic mass is 35.5. The molecule has 1 atom stereocenters. The third kappa shape index (κ3) is 3.72. The molecule has 0 saturated heterocycles. The van der Waals surface area contributed by atoms with Gasteiger partial charge in [-0.3, -0.25) is 4.79 Å². The first-order chi connectivity index (χ1) is 7.00. The summed E-state index contributed by atoms with van der Waals surface area (Å²) in [5.74, 6) is -0.182. The van der Waals surface area contributed by atoms with Crippen LogP contribution in [-0.2, 0) is 10.5 Å². The third-order valence-electron chi connectivity index (χ3n) is 1.90. The molecular formula is C10H11ClFNOS. The van der Waals surface area contributed by atoms with Gasteiger partial charge < -0.3 is 5.73 Å². The maximum absolute atomic E-state index is 12.7. The van der Waals surface area contributed by atoms with E-state index in [9.17, 15) is 9.18 Å². The van der Waals surface area contributed by atoms with Gasteiger partial charge in [-0.05, 0) is 24.6 Å². The molecule has 82 valence electrons. The Morgan fingerprint density at radius 2 is 2.33 bits per heavy atom. The van der Waals surface area contributed by atoms with Crippen molar-refractivity contribution in [2.24, 2.45) is 5.73 Å². The number of amides is 1. The monoisotopic (exact) mass is 247 g/mol. The van der Waals surface area contributed by atoms with Gasteiger partial charge in [0.05, 0.1) is 5.25 Å². The lowest BCUT2D eigenvalue weighted by Gasteiger charge is -2.08. The Hall–Kier alpha value is -0.740. The summed E-state index contributed by atoms with van der Waals surface area (Å²) in [5.41, 5.74) is 5.91. The average Bonchev–Trinajstić information content (AvgIpc) is 2.15. The minimum atomic E-state index is -0.364. The summed E-state index contributed by atoms with van der Waals surface area (Å²) in [5, 5.41) is 0.102. The molecule has 1 aromatic rings. The number of primary amides is 1. The molecular weight excluding hydrogens is 237 g/mol. The van der Waals surface area contributed by atoms with E-state index in [2.05, 4.69) is 0 Å². The second-order valence-electron chi connectivity index (χ2n) is 3.09. The van der Waals surface area contributed by atoms with Gasteiger partial charge in [-0.2, -0.15) is 0 Å². The van der Waals surface area contributed by atoms with Gasteiger partial charge in [-0.1, -0.05) is 17.7 Å². The van der Waals surface area contributed by atoms with E-state index in [4.69, 9.17) is 17.3 Å². The fraction of sp³-hybridized carbons (Fsp3) is 0.300. The summed E-state index contributed by atoms with van der Waals surface area (Å²) in [6, 6.07) is 4.21. The Morgan fingerprint density at radius 1 is 1.67 bits per heavy atom. The summed E-state index contributed by atoms with van der Waals surface area (Å²) in [6.45, 7) is 1.73. The highest BCUT2D eigenvalue weighted by Gasteiger charge is 2.10. The van der Waals surface area contributed by atoms with Crippen LogP contribution in [0.3, 0.4) is 0 Å². The summed E-state index contributed by atoms with van der Waals surface area (Å²) >= 11 is 7.20. The summed E-state index contributed by atoms with van der Waals surface area (Å²) in [7, 11) is 0. The van der Waals surface area contributed by atoms with Crippen LogP contribution >= 0.6 is 23.4 Å². The average molecular weight is 248 g/mol. The van der Waals surface area contributed by atoms with Crippen LogP contribution in [0.1, 0.15) is 12.5 Å². The van der Waals surface area contributed by atoms with E-state index in [0.29, 0.717) is 10.8 Å². The topological polar surface area (TPSA) is 43.1 Å². The van der Waals surface area contributed by atoms with Gasteiger partial charge in [0, 0.05) is 10.8 Å². The molecule has 0 saturated carbocycles. The minimum absolute atomic E-state index is 0.272. The number of carbonyl (C=O) groups excluding carboxylic acids is 1. The standard InChI is InChI=1S/C10H11ClFNOS/c1-6(10(13)14)15-5-7-2-3-8(12)4-9(7)11/h2-4,6H,5H2,1H3,(H2,13,14)/t6-/m0/s1. The summed E-state index contributed by atoms with van der Waals surface area (Å²) in [6.07, 6.45) is 0. The van der Waals surface area contributed by atoms with Crippen molar-refractivity contribution in [2.45, 2.75) is 17.9 Å². The minimum Gasteiger partial charge on any atom is -0.369 e. The molecule has 0 spiro atoms. The maximum atomic E-state index is 12.7. The van der Waals surface area contributed by atoms with E-state index in [0.717, 1.165) is 5.56 Å². The van der Waals surface area contributed by atoms with Crippen LogP contribution in [0.4, 0.5) is 4.39 Å². The molecule has 5 heteroatoms. The molecule has 15 heavy (non-hydrogen) atoms. The van der Waals surface area contributed by atoms with Gasteiger partial charge in [-0.25, -0.2) is 4.39 Å². The highest BCUT2D eigenvalue weighted by Crippen LogP contribution is 2.24. The number of halogens is 2. The van der Waals surface area contributed by atoms with Crippen molar-refractivity contribution in [1.29, 1.82) is 0 Å². The predicted molar refractivity (Wildman–Crippen MR) is 61.4 cm³/mol. The molecule has 1 rings (SSSR count). The normalized spacial score (nSPS) is 12.5. The molecule has 0 aliphatic rings. The highest BCUT2D eigenvalue weighted by molar-refractivity contribution is 7.99. The number of rotatable bonds is 4. The zero-order valence-electron chi connectivity index (χ0n) is 8.17. The molecule has 0 heterocycles. The Morgan fingerprint density at radius 3 is 2.87 bits per heavy atom. The second kappa shape index (κ2) is 5.37. The number of hydrogen-bond donors (Lipinski definition) is 1. The van der Waals surface area contributed by atoms with Crippen molar-refractivity contribution < 1.29 is 9.18 Å². The zero-order valence-corrected chi connectivity index (χ0v) is 9.74. The third-order valence-corrected chi connectivity index (χ3v) is 3.47. The lowest BCUT2D eigenvalue weighted by Crippen LogP contribution is -2.22. The van der Waals surface area contributed by atoms with Crippen molar-refractivity contribution in [3.8, 4) is 0 Å². The fourth-order valence-corrected chi connectivity index (χ4v) is 2.09. The molecule has 0 radical (unpaired) electrons. The Kier molecular flexibility index (Phi) is 4.42. The first-order valence-corrected chi connectivity index (χ1v) is 5.78. The van der Waals surface area contributed by atoms with E-state index in [1.165, 1.54) is 23.9 Å². The molecule has 0 bridgehead atoms. The van der Waals surface area contributed by atoms with Crippen LogP contribution in [0, 0.1) is 5.82 Å². The SMILES string of the molecule is C[C@H](SCc1ccc(F)cc1Cl)C(N)=O. The first kappa shape index (κ1) is 12.3. The smallest absolute Gasteiger partial charge is 0.230 e. The predicted octanol–water partition coefficient (Wildman–Crippen LogP) is 2.59. The molecule has 1 aromatic carbocycles. The molecule has 2 N–H and O–H groups in total. The Balaban J connectivity index is 2.62. The molecule has 0 unspecified atom stereocenters. The van der Waals surface area contributed by atoms with Crippen molar-refractivity contribution in [3.63, 3.8) is 0 Å². The van der Waals surface area contributed by atoms with Gasteiger partial charge in [0.15, 0.2) is 0 Å². The second-order valence-corrected chi connectivity index (χ2v) is 4.83. The Bertz CT molecular complexity index is 372. The lowest BCUT2D eigenvalue weighted by molar-refractivity contribution is -0.117. The largest absolute Gasteiger partial charge is 0.369 e. The van der Waals surface area contributed by atoms with Gasteiger partial charge in [0.25, 0.3) is 0 Å². The van der Waals surface area contributed by atoms with Crippen LogP contribution in [0.5, 0.6) is 0 Å². The van der Waals surface area contributed by atoms with Crippen LogP contribution < -0.4 is 5.73 Å². The molecule has 0 aromatic heterocycles. The first-order valence-electron chi connectivity index (χ1n) is 4.35. The maximum Gasteiger partial charge on any atom is 0.230 e. The molecule has 1 amide bonds. The summed E-state index contributed by atoms with van der Waals surface area (Å²) in [4.78, 5) is 10.8. The van der Waals surface area contributed by atoms with E-state index >= 15 is 0 Å². The Labute approximate surface area is 97.0 Å². The van der Waals surface area contributed by atoms with E-state index in [-0.39, 0.29) is 17.0 Å². The number of benzene rings is 1. The number of carbonyl (C=O) groups is 1. The van der Waals surface area contributed by atoms with Gasteiger partial charge in [0.2, 0.25) is 5.91 Å². The van der Waals surface area contributed by atoms with E-state index in [1.807, 2.05) is 0 Å². The molecule has 0 fully saturated rings. The molecule has 2 nitrogen and oxygen atoms in total. The summed E-state index contributed by atoms with van der Waals surface area (Å²) < 4.78 is 12.7. The lowest BCUT2D eigenvalue weighted by atomic mass is 10.2. The quantitative estimate of drug-likeness (QED) is 0.889.